The number of rotatable bonds is 2. The number of hydrogen-bond acceptors (Lipinski definition) is 2. The molecular formula is C12H17NO. The van der Waals surface area contributed by atoms with Crippen molar-refractivity contribution >= 4 is 5.69 Å². The molecule has 2 rings (SSSR count). The molecule has 0 radical (unpaired) electrons. The third-order valence-electron chi connectivity index (χ3n) is 2.93. The van der Waals surface area contributed by atoms with Crippen molar-refractivity contribution in [2.24, 2.45) is 0 Å². The zero-order chi connectivity index (χ0) is 10.2. The second-order valence-electron chi connectivity index (χ2n) is 4.55. The molecule has 0 bridgehead atoms. The predicted octanol–water partition coefficient (Wildman–Crippen LogP) is 1.78. The van der Waals surface area contributed by atoms with Crippen LogP contribution < -0.4 is 4.90 Å². The lowest BCUT2D eigenvalue weighted by Gasteiger charge is -2.21. The lowest BCUT2D eigenvalue weighted by atomic mass is 9.87. The van der Waals surface area contributed by atoms with E-state index in [0.717, 1.165) is 13.1 Å². The number of benzene rings is 1. The summed E-state index contributed by atoms with van der Waals surface area (Å²) in [7, 11) is 0. The van der Waals surface area contributed by atoms with Crippen LogP contribution in [-0.4, -0.2) is 24.8 Å². The van der Waals surface area contributed by atoms with Gasteiger partial charge in [-0.1, -0.05) is 32.0 Å². The first-order valence-electron chi connectivity index (χ1n) is 5.10. The molecule has 0 unspecified atom stereocenters. The van der Waals surface area contributed by atoms with Crippen LogP contribution in [-0.2, 0) is 5.41 Å². The van der Waals surface area contributed by atoms with Gasteiger partial charge in [-0.3, -0.25) is 0 Å². The Hall–Kier alpha value is -1.02. The van der Waals surface area contributed by atoms with E-state index in [0.29, 0.717) is 0 Å². The highest BCUT2D eigenvalue weighted by molar-refractivity contribution is 5.61. The van der Waals surface area contributed by atoms with Crippen molar-refractivity contribution in [2.75, 3.05) is 24.6 Å². The molecule has 1 aliphatic rings. The van der Waals surface area contributed by atoms with Crippen LogP contribution in [0.5, 0.6) is 0 Å². The zero-order valence-corrected chi connectivity index (χ0v) is 8.83. The van der Waals surface area contributed by atoms with E-state index in [9.17, 15) is 0 Å². The lowest BCUT2D eigenvalue weighted by Crippen LogP contribution is -2.30. The first-order chi connectivity index (χ1) is 6.65. The molecular weight excluding hydrogens is 174 g/mol. The average Bonchev–Trinajstić information content (AvgIpc) is 2.41. The third-order valence-corrected chi connectivity index (χ3v) is 2.93. The Morgan fingerprint density at radius 1 is 1.36 bits per heavy atom. The molecule has 14 heavy (non-hydrogen) atoms. The molecule has 1 heterocycles. The van der Waals surface area contributed by atoms with Crippen molar-refractivity contribution in [3.8, 4) is 0 Å². The average molecular weight is 191 g/mol. The van der Waals surface area contributed by atoms with E-state index in [1.54, 1.807) is 0 Å². The van der Waals surface area contributed by atoms with Crippen molar-refractivity contribution < 1.29 is 5.11 Å². The number of β-amino-alcohol motifs (C(OH)–C–C–N with tert-alkyl or cyclic N) is 1. The minimum atomic E-state index is 0.214. The molecule has 2 heteroatoms. The minimum Gasteiger partial charge on any atom is -0.395 e. The first-order valence-corrected chi connectivity index (χ1v) is 5.10. The molecule has 76 valence electrons. The van der Waals surface area contributed by atoms with E-state index in [1.807, 2.05) is 0 Å². The summed E-state index contributed by atoms with van der Waals surface area (Å²) in [5.74, 6) is 0. The van der Waals surface area contributed by atoms with E-state index >= 15 is 0 Å². The van der Waals surface area contributed by atoms with Gasteiger partial charge < -0.3 is 10.0 Å². The molecule has 0 amide bonds. The van der Waals surface area contributed by atoms with Gasteiger partial charge in [0.15, 0.2) is 0 Å². The summed E-state index contributed by atoms with van der Waals surface area (Å²) in [6.07, 6.45) is 0. The molecule has 0 aliphatic carbocycles. The summed E-state index contributed by atoms with van der Waals surface area (Å²) >= 11 is 0. The smallest absolute Gasteiger partial charge is 0.0606 e. The second kappa shape index (κ2) is 3.28. The number of para-hydroxylation sites is 1. The van der Waals surface area contributed by atoms with Gasteiger partial charge in [0.05, 0.1) is 6.61 Å². The van der Waals surface area contributed by atoms with Crippen molar-refractivity contribution in [3.63, 3.8) is 0 Å². The monoisotopic (exact) mass is 191 g/mol. The maximum Gasteiger partial charge on any atom is 0.0606 e. The van der Waals surface area contributed by atoms with Crippen LogP contribution in [0.25, 0.3) is 0 Å². The van der Waals surface area contributed by atoms with Gasteiger partial charge in [-0.15, -0.1) is 0 Å². The quantitative estimate of drug-likeness (QED) is 0.770. The highest BCUT2D eigenvalue weighted by Crippen LogP contribution is 2.39. The van der Waals surface area contributed by atoms with Crippen LogP contribution in [0, 0.1) is 0 Å². The summed E-state index contributed by atoms with van der Waals surface area (Å²) < 4.78 is 0. The molecule has 0 fully saturated rings. The van der Waals surface area contributed by atoms with Crippen LogP contribution in [0.15, 0.2) is 24.3 Å². The molecule has 1 aromatic rings. The molecule has 0 spiro atoms. The van der Waals surface area contributed by atoms with Gasteiger partial charge in [-0.05, 0) is 11.6 Å². The Morgan fingerprint density at radius 3 is 2.79 bits per heavy atom. The fourth-order valence-electron chi connectivity index (χ4n) is 2.29. The molecule has 0 aromatic heterocycles. The molecule has 1 aliphatic heterocycles. The van der Waals surface area contributed by atoms with Crippen LogP contribution >= 0.6 is 0 Å². The minimum absolute atomic E-state index is 0.214. The third kappa shape index (κ3) is 1.40. The highest BCUT2D eigenvalue weighted by atomic mass is 16.3. The van der Waals surface area contributed by atoms with Crippen LogP contribution in [0.1, 0.15) is 19.4 Å². The van der Waals surface area contributed by atoms with Crippen molar-refractivity contribution in [1.82, 2.24) is 0 Å². The molecule has 2 nitrogen and oxygen atoms in total. The van der Waals surface area contributed by atoms with E-state index < -0.39 is 0 Å². The van der Waals surface area contributed by atoms with Gasteiger partial charge in [0.25, 0.3) is 0 Å². The van der Waals surface area contributed by atoms with Crippen LogP contribution in [0.2, 0.25) is 0 Å². The van der Waals surface area contributed by atoms with Crippen molar-refractivity contribution in [1.29, 1.82) is 0 Å². The molecule has 0 saturated heterocycles. The first kappa shape index (κ1) is 9.53. The zero-order valence-electron chi connectivity index (χ0n) is 8.83. The Morgan fingerprint density at radius 2 is 2.07 bits per heavy atom. The predicted molar refractivity (Wildman–Crippen MR) is 58.8 cm³/mol. The van der Waals surface area contributed by atoms with E-state index in [2.05, 4.69) is 43.0 Å². The Labute approximate surface area is 85.2 Å². The largest absolute Gasteiger partial charge is 0.395 e. The maximum atomic E-state index is 8.98. The van der Waals surface area contributed by atoms with Crippen molar-refractivity contribution in [2.45, 2.75) is 19.3 Å². The SMILES string of the molecule is CC1(C)CN(CCO)c2ccccc21. The highest BCUT2D eigenvalue weighted by Gasteiger charge is 2.33. The second-order valence-corrected chi connectivity index (χ2v) is 4.55. The fourth-order valence-corrected chi connectivity index (χ4v) is 2.29. The summed E-state index contributed by atoms with van der Waals surface area (Å²) in [4.78, 5) is 2.26. The number of aliphatic hydroxyl groups excluding tert-OH is 1. The van der Waals surface area contributed by atoms with E-state index in [1.165, 1.54) is 11.3 Å². The molecule has 0 atom stereocenters. The van der Waals surface area contributed by atoms with Gasteiger partial charge in [0.1, 0.15) is 0 Å². The standard InChI is InChI=1S/C12H17NO/c1-12(2)9-13(7-8-14)11-6-4-3-5-10(11)12/h3-6,14H,7-9H2,1-2H3. The normalized spacial score (nSPS) is 18.4. The molecule has 1 aromatic carbocycles. The maximum absolute atomic E-state index is 8.98. The topological polar surface area (TPSA) is 23.5 Å². The molecule has 0 saturated carbocycles. The van der Waals surface area contributed by atoms with Gasteiger partial charge in [0, 0.05) is 24.2 Å². The summed E-state index contributed by atoms with van der Waals surface area (Å²) in [5.41, 5.74) is 2.89. The number of hydrogen-bond donors (Lipinski definition) is 1. The van der Waals surface area contributed by atoms with Crippen molar-refractivity contribution in [3.05, 3.63) is 29.8 Å². The summed E-state index contributed by atoms with van der Waals surface area (Å²) in [6.45, 7) is 6.48. The van der Waals surface area contributed by atoms with Gasteiger partial charge in [0.2, 0.25) is 0 Å². The van der Waals surface area contributed by atoms with Crippen LogP contribution in [0.3, 0.4) is 0 Å². The summed E-state index contributed by atoms with van der Waals surface area (Å²) in [5, 5.41) is 8.98. The van der Waals surface area contributed by atoms with Gasteiger partial charge in [-0.2, -0.15) is 0 Å². The van der Waals surface area contributed by atoms with E-state index in [-0.39, 0.29) is 12.0 Å². The summed E-state index contributed by atoms with van der Waals surface area (Å²) in [6, 6.07) is 8.47. The lowest BCUT2D eigenvalue weighted by molar-refractivity contribution is 0.301. The number of nitrogens with zero attached hydrogens (tertiary/aromatic N) is 1. The van der Waals surface area contributed by atoms with E-state index in [4.69, 9.17) is 5.11 Å². The van der Waals surface area contributed by atoms with Gasteiger partial charge >= 0.3 is 0 Å². The molecule has 1 N–H and O–H groups in total. The number of aliphatic hydroxyl groups is 1. The number of fused-ring (bicyclic) bond motifs is 1. The Bertz CT molecular complexity index is 333. The fraction of sp³-hybridized carbons (Fsp3) is 0.500. The Kier molecular flexibility index (Phi) is 2.23. The number of anilines is 1. The van der Waals surface area contributed by atoms with Crippen LogP contribution in [0.4, 0.5) is 5.69 Å². The Balaban J connectivity index is 2.39. The van der Waals surface area contributed by atoms with Gasteiger partial charge in [-0.25, -0.2) is 0 Å².